The van der Waals surface area contributed by atoms with Crippen molar-refractivity contribution in [2.45, 2.75) is 0 Å². The summed E-state index contributed by atoms with van der Waals surface area (Å²) < 4.78 is 11.6. The number of hydrogen-bond acceptors (Lipinski definition) is 4. The van der Waals surface area contributed by atoms with Gasteiger partial charge >= 0.3 is 72.0 Å². The third-order valence-electron chi connectivity index (χ3n) is 0.584. The van der Waals surface area contributed by atoms with Crippen molar-refractivity contribution < 1.29 is 0 Å². The van der Waals surface area contributed by atoms with Gasteiger partial charge in [-0.3, -0.25) is 0 Å². The molecule has 0 N–H and O–H groups in total. The van der Waals surface area contributed by atoms with Crippen LogP contribution in [0.25, 0.3) is 41.8 Å². The first-order chi connectivity index (χ1) is 6.24. The summed E-state index contributed by atoms with van der Waals surface area (Å²) in [5.41, 5.74) is 32.1. The third-order valence-corrected chi connectivity index (χ3v) is 3.04. The van der Waals surface area contributed by atoms with Crippen LogP contribution in [0, 0.1) is 0 Å². The van der Waals surface area contributed by atoms with Crippen LogP contribution in [-0.2, 0) is 0 Å². The maximum atomic E-state index is 8.03. The molecule has 0 rings (SSSR count). The molecule has 0 saturated heterocycles. The minimum absolute atomic E-state index is 2.26. The zero-order valence-corrected chi connectivity index (χ0v) is 7.49. The van der Waals surface area contributed by atoms with Gasteiger partial charge < -0.3 is 0 Å². The molecule has 0 aromatic rings. The van der Waals surface area contributed by atoms with Crippen LogP contribution >= 0.6 is 0 Å². The van der Waals surface area contributed by atoms with Crippen molar-refractivity contribution in [1.82, 2.24) is 0 Å². The number of nitrogens with zero attached hydrogens (tertiary/aromatic N) is 12. The van der Waals surface area contributed by atoms with Gasteiger partial charge in [0.15, 0.2) is 0 Å². The van der Waals surface area contributed by atoms with E-state index in [4.69, 9.17) is 22.1 Å². The van der Waals surface area contributed by atoms with Crippen LogP contribution < -0.4 is 0 Å². The van der Waals surface area contributed by atoms with Gasteiger partial charge in [-0.15, -0.1) is 0 Å². The molecule has 0 heterocycles. The van der Waals surface area contributed by atoms with Gasteiger partial charge in [0.25, 0.3) is 0 Å². The van der Waals surface area contributed by atoms with E-state index in [9.17, 15) is 0 Å². The van der Waals surface area contributed by atoms with Crippen molar-refractivity contribution >= 4 is 13.7 Å². The van der Waals surface area contributed by atoms with Crippen LogP contribution in [0.3, 0.4) is 0 Å². The van der Waals surface area contributed by atoms with Crippen molar-refractivity contribution in [1.29, 1.82) is 0 Å². The van der Waals surface area contributed by atoms with Crippen LogP contribution in [0.2, 0.25) is 0 Å². The summed E-state index contributed by atoms with van der Waals surface area (Å²) in [6.07, 6.45) is 0. The van der Waals surface area contributed by atoms with E-state index in [2.05, 4.69) is 36.2 Å². The molecule has 0 unspecified atom stereocenters. The normalized spacial score (nSPS) is 14.2. The second-order valence-electron chi connectivity index (χ2n) is 1.17. The predicted molar refractivity (Wildman–Crippen MR) is 42.3 cm³/mol. The summed E-state index contributed by atoms with van der Waals surface area (Å²) in [5, 5.41) is 0. The third kappa shape index (κ3) is 3.10. The molecule has 0 atom stereocenters. The van der Waals surface area contributed by atoms with Gasteiger partial charge in [0.05, 0.1) is 0 Å². The first-order valence-electron chi connectivity index (χ1n) is 2.33. The molecule has 13 heavy (non-hydrogen) atoms. The van der Waals surface area contributed by atoms with E-state index in [0.717, 1.165) is 0 Å². The Kier molecular flexibility index (Phi) is 4.48. The molecule has 0 aliphatic carbocycles. The molecule has 0 amide bonds. The predicted octanol–water partition coefficient (Wildman–Crippen LogP) is 2.66. The van der Waals surface area contributed by atoms with Crippen molar-refractivity contribution in [2.24, 2.45) is 16.5 Å². The molecule has 66 valence electrons. The molecule has 0 aliphatic heterocycles. The van der Waals surface area contributed by atoms with E-state index in [1.165, 1.54) is 0 Å². The van der Waals surface area contributed by atoms with Crippen LogP contribution in [-0.4, -0.2) is 13.7 Å². The Morgan fingerprint density at radius 3 is 1.00 bits per heavy atom. The fourth-order valence-electron chi connectivity index (χ4n) is 0.294. The summed E-state index contributed by atoms with van der Waals surface area (Å²) in [6.45, 7) is 0. The van der Waals surface area contributed by atoms with Gasteiger partial charge in [-0.25, -0.2) is 0 Å². The van der Waals surface area contributed by atoms with Gasteiger partial charge in [0, 0.05) is 0 Å². The van der Waals surface area contributed by atoms with Crippen LogP contribution in [0.15, 0.2) is 16.5 Å². The van der Waals surface area contributed by atoms with Crippen molar-refractivity contribution in [3.8, 4) is 0 Å². The standard InChI is InChI=1S/N12Se/c1-5-9-13(10-6-2,11-7-3)12-8-4. The molecule has 0 aromatic carbocycles. The van der Waals surface area contributed by atoms with Crippen LogP contribution in [0.5, 0.6) is 0 Å². The molecule has 0 radical (unpaired) electrons. The van der Waals surface area contributed by atoms with Crippen molar-refractivity contribution in [3.63, 3.8) is 0 Å². The second kappa shape index (κ2) is 5.42. The molecule has 0 spiro atoms. The van der Waals surface area contributed by atoms with Gasteiger partial charge in [0.2, 0.25) is 0 Å². The number of rotatable bonds is 4. The van der Waals surface area contributed by atoms with Gasteiger partial charge in [-0.2, -0.15) is 0 Å². The van der Waals surface area contributed by atoms with Crippen LogP contribution in [0.4, 0.5) is 0 Å². The summed E-state index contributed by atoms with van der Waals surface area (Å²) in [4.78, 5) is 9.06. The Labute approximate surface area is 72.7 Å². The summed E-state index contributed by atoms with van der Waals surface area (Å²) in [7, 11) is 0. The Hall–Kier alpha value is -2.24. The topological polar surface area (TPSA) is 195 Å². The fraction of sp³-hybridized carbons (Fsp3) is 0. The molecule has 0 aliphatic rings. The Morgan fingerprint density at radius 1 is 0.615 bits per heavy atom. The van der Waals surface area contributed by atoms with E-state index in [1.807, 2.05) is 0 Å². The van der Waals surface area contributed by atoms with E-state index in [0.29, 0.717) is 0 Å². The average Bonchev–Trinajstić information content (AvgIpc) is 2.06. The second-order valence-corrected chi connectivity index (χ2v) is 4.60. The van der Waals surface area contributed by atoms with Crippen LogP contribution in [0.1, 0.15) is 0 Å². The molecule has 0 saturated carbocycles. The Bertz CT molecular complexity index is 284. The van der Waals surface area contributed by atoms with E-state index in [-0.39, 0.29) is 0 Å². The zero-order chi connectivity index (χ0) is 10.2. The van der Waals surface area contributed by atoms with Crippen molar-refractivity contribution in [3.05, 3.63) is 41.8 Å². The molecule has 0 bridgehead atoms. The van der Waals surface area contributed by atoms with Crippen molar-refractivity contribution in [2.75, 3.05) is 0 Å². The molecule has 12 nitrogen and oxygen atoms in total. The molecular formula is N12Se. The quantitative estimate of drug-likeness (QED) is 0.305. The van der Waals surface area contributed by atoms with Gasteiger partial charge in [-0.1, -0.05) is 0 Å². The Morgan fingerprint density at radius 2 is 0.846 bits per heavy atom. The Balaban J connectivity index is 5.52. The summed E-state index contributed by atoms with van der Waals surface area (Å²) in [5.74, 6) is 0. The average molecular weight is 247 g/mol. The zero-order valence-electron chi connectivity index (χ0n) is 5.77. The van der Waals surface area contributed by atoms with Gasteiger partial charge in [0.1, 0.15) is 0 Å². The number of hydrogen-bond donors (Lipinski definition) is 0. The van der Waals surface area contributed by atoms with E-state index >= 15 is 0 Å². The number of azide groups is 1. The minimum atomic E-state index is -4.15. The summed E-state index contributed by atoms with van der Waals surface area (Å²) >= 11 is -4.15. The summed E-state index contributed by atoms with van der Waals surface area (Å²) in [6, 6.07) is 0. The van der Waals surface area contributed by atoms with E-state index < -0.39 is 13.7 Å². The first kappa shape index (κ1) is 10.8. The molecule has 13 heteroatoms. The molecular weight excluding hydrogens is 247 g/mol. The van der Waals surface area contributed by atoms with E-state index in [1.54, 1.807) is 0 Å². The SMILES string of the molecule is [N-]=[N+]=N[Se](N=[N+]=[N-])(N=[N+]=[N-])N=[N+]=[N-]. The first-order valence-corrected chi connectivity index (χ1v) is 5.39. The molecule has 0 aromatic heterocycles. The molecule has 0 fully saturated rings. The maximum absolute atomic E-state index is 8.03. The van der Waals surface area contributed by atoms with Gasteiger partial charge in [-0.05, 0) is 0 Å². The monoisotopic (exact) mass is 248 g/mol. The fourth-order valence-corrected chi connectivity index (χ4v) is 1.53.